The van der Waals surface area contributed by atoms with Crippen LogP contribution in [-0.4, -0.2) is 26.6 Å². The molecular formula is C13H17N3O2. The zero-order chi connectivity index (χ0) is 13.4. The molecule has 5 heteroatoms. The molecular weight excluding hydrogens is 230 g/mol. The summed E-state index contributed by atoms with van der Waals surface area (Å²) in [7, 11) is 3.35. The van der Waals surface area contributed by atoms with Crippen molar-refractivity contribution in [2.45, 2.75) is 12.8 Å². The van der Waals surface area contributed by atoms with Crippen LogP contribution in [0.5, 0.6) is 5.75 Å². The predicted molar refractivity (Wildman–Crippen MR) is 69.5 cm³/mol. The van der Waals surface area contributed by atoms with Crippen LogP contribution in [0.25, 0.3) is 0 Å². The standard InChI is InChI=1S/C13H17N3O2/c1-15-8-4-7-12(17)16-13-10(9-14)5-3-6-11(13)18-2/h3,5-6,15H,4,7-8H2,1-2H3,(H,16,17). The summed E-state index contributed by atoms with van der Waals surface area (Å²) in [5.41, 5.74) is 0.841. The van der Waals surface area contributed by atoms with Crippen molar-refractivity contribution in [3.63, 3.8) is 0 Å². The number of amides is 1. The van der Waals surface area contributed by atoms with Gasteiger partial charge < -0.3 is 15.4 Å². The second-order valence-corrected chi connectivity index (χ2v) is 3.75. The van der Waals surface area contributed by atoms with Gasteiger partial charge in [-0.2, -0.15) is 5.26 Å². The molecule has 5 nitrogen and oxygen atoms in total. The molecule has 0 saturated heterocycles. The molecule has 0 atom stereocenters. The van der Waals surface area contributed by atoms with Crippen molar-refractivity contribution in [1.82, 2.24) is 5.32 Å². The number of methoxy groups -OCH3 is 1. The lowest BCUT2D eigenvalue weighted by Crippen LogP contribution is -2.16. The highest BCUT2D eigenvalue weighted by Gasteiger charge is 2.11. The first kappa shape index (κ1) is 14.0. The van der Waals surface area contributed by atoms with Gasteiger partial charge in [0.1, 0.15) is 17.5 Å². The summed E-state index contributed by atoms with van der Waals surface area (Å²) in [4.78, 5) is 11.7. The number of benzene rings is 1. The lowest BCUT2D eigenvalue weighted by molar-refractivity contribution is -0.116. The van der Waals surface area contributed by atoms with E-state index in [9.17, 15) is 4.79 Å². The largest absolute Gasteiger partial charge is 0.495 e. The van der Waals surface area contributed by atoms with Crippen LogP contribution in [0.1, 0.15) is 18.4 Å². The van der Waals surface area contributed by atoms with E-state index in [1.165, 1.54) is 7.11 Å². The minimum atomic E-state index is -0.119. The van der Waals surface area contributed by atoms with Gasteiger partial charge in [0.15, 0.2) is 0 Å². The van der Waals surface area contributed by atoms with E-state index >= 15 is 0 Å². The van der Waals surface area contributed by atoms with E-state index in [1.54, 1.807) is 18.2 Å². The van der Waals surface area contributed by atoms with Crippen molar-refractivity contribution in [3.05, 3.63) is 23.8 Å². The molecule has 0 radical (unpaired) electrons. The molecule has 2 N–H and O–H groups in total. The third-order valence-corrected chi connectivity index (χ3v) is 2.46. The Morgan fingerprint density at radius 2 is 2.28 bits per heavy atom. The monoisotopic (exact) mass is 247 g/mol. The Hall–Kier alpha value is -2.06. The topological polar surface area (TPSA) is 74.2 Å². The zero-order valence-corrected chi connectivity index (χ0v) is 10.6. The number of nitrogens with zero attached hydrogens (tertiary/aromatic N) is 1. The number of hydrogen-bond acceptors (Lipinski definition) is 4. The number of nitrogens with one attached hydrogen (secondary N) is 2. The smallest absolute Gasteiger partial charge is 0.224 e. The molecule has 0 unspecified atom stereocenters. The van der Waals surface area contributed by atoms with Gasteiger partial charge in [-0.3, -0.25) is 4.79 Å². The summed E-state index contributed by atoms with van der Waals surface area (Å²) < 4.78 is 5.14. The lowest BCUT2D eigenvalue weighted by Gasteiger charge is -2.11. The van der Waals surface area contributed by atoms with Gasteiger partial charge in [-0.25, -0.2) is 0 Å². The number of rotatable bonds is 6. The fourth-order valence-corrected chi connectivity index (χ4v) is 1.55. The van der Waals surface area contributed by atoms with Crippen molar-refractivity contribution in [3.8, 4) is 11.8 Å². The van der Waals surface area contributed by atoms with Crippen LogP contribution in [-0.2, 0) is 4.79 Å². The van der Waals surface area contributed by atoms with Crippen molar-refractivity contribution in [2.24, 2.45) is 0 Å². The van der Waals surface area contributed by atoms with Gasteiger partial charge in [0, 0.05) is 6.42 Å². The lowest BCUT2D eigenvalue weighted by atomic mass is 10.1. The van der Waals surface area contributed by atoms with Crippen molar-refractivity contribution in [2.75, 3.05) is 26.0 Å². The molecule has 0 saturated carbocycles. The summed E-state index contributed by atoms with van der Waals surface area (Å²) in [6.07, 6.45) is 1.16. The zero-order valence-electron chi connectivity index (χ0n) is 10.6. The molecule has 0 spiro atoms. The maximum absolute atomic E-state index is 11.7. The Morgan fingerprint density at radius 1 is 1.50 bits per heavy atom. The fourth-order valence-electron chi connectivity index (χ4n) is 1.55. The second-order valence-electron chi connectivity index (χ2n) is 3.75. The van der Waals surface area contributed by atoms with Crippen LogP contribution in [0.4, 0.5) is 5.69 Å². The number of ether oxygens (including phenoxy) is 1. The quantitative estimate of drug-likeness (QED) is 0.747. The second kappa shape index (κ2) is 7.30. The van der Waals surface area contributed by atoms with E-state index in [0.29, 0.717) is 23.4 Å². The number of nitriles is 1. The summed E-state index contributed by atoms with van der Waals surface area (Å²) in [6, 6.07) is 7.11. The van der Waals surface area contributed by atoms with E-state index in [0.717, 1.165) is 13.0 Å². The molecule has 1 rings (SSSR count). The molecule has 96 valence electrons. The highest BCUT2D eigenvalue weighted by Crippen LogP contribution is 2.27. The average molecular weight is 247 g/mol. The van der Waals surface area contributed by atoms with Gasteiger partial charge in [-0.15, -0.1) is 0 Å². The Morgan fingerprint density at radius 3 is 2.89 bits per heavy atom. The summed E-state index contributed by atoms with van der Waals surface area (Å²) in [5.74, 6) is 0.377. The first-order chi connectivity index (χ1) is 8.72. The van der Waals surface area contributed by atoms with Gasteiger partial charge in [-0.05, 0) is 32.1 Å². The highest BCUT2D eigenvalue weighted by atomic mass is 16.5. The number of hydrogen-bond donors (Lipinski definition) is 2. The van der Waals surface area contributed by atoms with Crippen LogP contribution in [0, 0.1) is 11.3 Å². The van der Waals surface area contributed by atoms with E-state index in [-0.39, 0.29) is 5.91 Å². The number of anilines is 1. The summed E-state index contributed by atoms with van der Waals surface area (Å²) >= 11 is 0. The average Bonchev–Trinajstić information content (AvgIpc) is 2.39. The molecule has 0 aliphatic heterocycles. The van der Waals surface area contributed by atoms with Crippen molar-refractivity contribution in [1.29, 1.82) is 5.26 Å². The van der Waals surface area contributed by atoms with E-state index in [1.807, 2.05) is 13.1 Å². The molecule has 0 fully saturated rings. The minimum absolute atomic E-state index is 0.119. The molecule has 0 aromatic heterocycles. The molecule has 0 aliphatic carbocycles. The van der Waals surface area contributed by atoms with Gasteiger partial charge in [0.05, 0.1) is 12.7 Å². The molecule has 18 heavy (non-hydrogen) atoms. The summed E-state index contributed by atoms with van der Waals surface area (Å²) in [6.45, 7) is 0.782. The van der Waals surface area contributed by atoms with Gasteiger partial charge in [-0.1, -0.05) is 6.07 Å². The maximum Gasteiger partial charge on any atom is 0.224 e. The van der Waals surface area contributed by atoms with Crippen molar-refractivity contribution < 1.29 is 9.53 Å². The maximum atomic E-state index is 11.7. The predicted octanol–water partition coefficient (Wildman–Crippen LogP) is 1.50. The van der Waals surface area contributed by atoms with E-state index < -0.39 is 0 Å². The highest BCUT2D eigenvalue weighted by molar-refractivity contribution is 5.93. The third kappa shape index (κ3) is 3.75. The Bertz CT molecular complexity index is 452. The van der Waals surface area contributed by atoms with Gasteiger partial charge in [0.25, 0.3) is 0 Å². The SMILES string of the molecule is CNCCCC(=O)Nc1c(C#N)cccc1OC. The Labute approximate surface area is 107 Å². The van der Waals surface area contributed by atoms with E-state index in [2.05, 4.69) is 10.6 Å². The van der Waals surface area contributed by atoms with Crippen molar-refractivity contribution >= 4 is 11.6 Å². The van der Waals surface area contributed by atoms with Gasteiger partial charge in [0.2, 0.25) is 5.91 Å². The normalized spacial score (nSPS) is 9.61. The minimum Gasteiger partial charge on any atom is -0.495 e. The van der Waals surface area contributed by atoms with E-state index in [4.69, 9.17) is 10.00 Å². The molecule has 0 bridgehead atoms. The molecule has 1 aromatic carbocycles. The molecule has 0 heterocycles. The Balaban J connectivity index is 2.77. The number of carbonyl (C=O) groups excluding carboxylic acids is 1. The Kier molecular flexibility index (Phi) is 5.68. The number of carbonyl (C=O) groups is 1. The van der Waals surface area contributed by atoms with Crippen LogP contribution in [0.2, 0.25) is 0 Å². The van der Waals surface area contributed by atoms with Crippen LogP contribution >= 0.6 is 0 Å². The third-order valence-electron chi connectivity index (χ3n) is 2.46. The number of para-hydroxylation sites is 1. The van der Waals surface area contributed by atoms with Gasteiger partial charge >= 0.3 is 0 Å². The fraction of sp³-hybridized carbons (Fsp3) is 0.385. The summed E-state index contributed by atoms with van der Waals surface area (Å²) in [5, 5.41) is 14.7. The first-order valence-corrected chi connectivity index (χ1v) is 5.74. The molecule has 1 aromatic rings. The first-order valence-electron chi connectivity index (χ1n) is 5.74. The van der Waals surface area contributed by atoms with Crippen LogP contribution in [0.15, 0.2) is 18.2 Å². The van der Waals surface area contributed by atoms with Crippen LogP contribution in [0.3, 0.4) is 0 Å². The van der Waals surface area contributed by atoms with Crippen LogP contribution < -0.4 is 15.4 Å². The molecule has 0 aliphatic rings. The molecule has 1 amide bonds.